The first-order valence-corrected chi connectivity index (χ1v) is 44.4. The summed E-state index contributed by atoms with van der Waals surface area (Å²) in [5.41, 5.74) is 4.21. The summed E-state index contributed by atoms with van der Waals surface area (Å²) >= 11 is 14.2. The fraction of sp³-hybridized carbons (Fsp3) is 0.468. The minimum Gasteiger partial charge on any atom is -0.481 e. The van der Waals surface area contributed by atoms with Crippen LogP contribution < -0.4 is 47.4 Å². The lowest BCUT2D eigenvalue weighted by molar-refractivity contribution is -0.433. The van der Waals surface area contributed by atoms with Gasteiger partial charge in [0, 0.05) is 70.4 Å². The molecule has 2 aliphatic heterocycles. The number of imidazole rings is 1. The van der Waals surface area contributed by atoms with Crippen LogP contribution in [0.15, 0.2) is 101 Å². The fourth-order valence-corrected chi connectivity index (χ4v) is 17.6. The van der Waals surface area contributed by atoms with Gasteiger partial charge in [-0.1, -0.05) is 49.6 Å². The number of aromatic nitrogens is 2. The highest BCUT2D eigenvalue weighted by Gasteiger charge is 2.46. The van der Waals surface area contributed by atoms with Gasteiger partial charge in [0.2, 0.25) is 52.9 Å². The van der Waals surface area contributed by atoms with Gasteiger partial charge in [-0.25, -0.2) is 9.78 Å². The van der Waals surface area contributed by atoms with Crippen molar-refractivity contribution >= 4 is 207 Å². The third kappa shape index (κ3) is 28.3. The summed E-state index contributed by atoms with van der Waals surface area (Å²) in [6, 6.07) is -6.88. The Kier molecular flexibility index (Phi) is 37.4. The molecule has 0 saturated carbocycles. The number of aryl methyl sites for hydroxylation is 1. The lowest BCUT2D eigenvalue weighted by Gasteiger charge is -2.38. The number of carbonyl (C=O) groups excluding carboxylic acids is 8. The number of nitrogens with one attached hydrogen (secondary N) is 8. The van der Waals surface area contributed by atoms with E-state index < -0.39 is 201 Å². The van der Waals surface area contributed by atoms with Gasteiger partial charge in [-0.15, -0.1) is 0 Å². The average Bonchev–Trinajstić information content (AvgIpc) is 1.59. The number of rotatable bonds is 50. The van der Waals surface area contributed by atoms with Gasteiger partial charge < -0.3 is 87.7 Å². The van der Waals surface area contributed by atoms with Crippen LogP contribution in [0.3, 0.4) is 0 Å². The monoisotopic (exact) mass is 2020 g/mol. The summed E-state index contributed by atoms with van der Waals surface area (Å²) in [4.78, 5) is 200. The van der Waals surface area contributed by atoms with Crippen LogP contribution in [0.25, 0.3) is 16.6 Å². The topological polar surface area (TPSA) is 627 Å². The summed E-state index contributed by atoms with van der Waals surface area (Å²) in [5.74, 6) is -23.5. The van der Waals surface area contributed by atoms with Crippen molar-refractivity contribution in [3.63, 3.8) is 0 Å². The molecule has 46 heteroatoms. The zero-order chi connectivity index (χ0) is 91.9. The normalized spacial score (nSPS) is 16.3. The number of carboxylic acids is 7. The smallest absolute Gasteiger partial charge is 0.326 e. The molecule has 40 nitrogen and oxygen atoms in total. The Labute approximate surface area is 738 Å². The number of hydrogen-bond donors (Lipinski definition) is 17. The van der Waals surface area contributed by atoms with Crippen molar-refractivity contribution < 1.29 is 138 Å². The van der Waals surface area contributed by atoms with E-state index in [1.165, 1.54) is 24.3 Å². The minimum atomic E-state index is -4.64. The molecule has 8 atom stereocenters. The number of likely N-dealkylation sites (N-methyl/N-ethyl adjacent to an activating group) is 1. The van der Waals surface area contributed by atoms with Crippen LogP contribution >= 0.6 is 63.7 Å². The molecule has 8 amide bonds. The van der Waals surface area contributed by atoms with Gasteiger partial charge in [-0.05, 0) is 173 Å². The number of unbranched alkanes of at least 4 members (excludes halogenated alkanes) is 5. The zero-order valence-corrected chi connectivity index (χ0v) is 74.9. The second kappa shape index (κ2) is 45.3. The minimum absolute atomic E-state index is 0.0179. The van der Waals surface area contributed by atoms with Crippen LogP contribution in [0.5, 0.6) is 0 Å². The van der Waals surface area contributed by atoms with Crippen molar-refractivity contribution in [3.05, 3.63) is 102 Å². The van der Waals surface area contributed by atoms with E-state index in [9.17, 15) is 134 Å². The van der Waals surface area contributed by atoms with Gasteiger partial charge in [-0.2, -0.15) is 21.4 Å². The molecule has 123 heavy (non-hydrogen) atoms. The van der Waals surface area contributed by atoms with E-state index in [0.29, 0.717) is 55.7 Å². The van der Waals surface area contributed by atoms with E-state index in [2.05, 4.69) is 84.7 Å². The second-order valence-corrected chi connectivity index (χ2v) is 35.4. The quantitative estimate of drug-likeness (QED) is 0.00639. The zero-order valence-electron chi connectivity index (χ0n) is 66.9. The first-order chi connectivity index (χ1) is 57.5. The lowest BCUT2D eigenvalue weighted by Crippen LogP contribution is -2.61. The molecule has 17 N–H and O–H groups in total. The predicted molar refractivity (Wildman–Crippen MR) is 452 cm³/mol. The maximum atomic E-state index is 13.8. The molecule has 3 heterocycles. The molecule has 6 rings (SSSR count). The third-order valence-corrected chi connectivity index (χ3v) is 26.6. The number of fused-ring (bicyclic) bond motifs is 3. The molecule has 0 fully saturated rings. The molecule has 0 aliphatic carbocycles. The highest BCUT2D eigenvalue weighted by molar-refractivity contribution is 9.15. The van der Waals surface area contributed by atoms with Crippen molar-refractivity contribution in [2.75, 3.05) is 24.5 Å². The number of anilines is 1. The molecule has 4 aromatic rings. The molecular formula is C77H95Br4N12O28S2+. The molecule has 0 saturated heterocycles. The van der Waals surface area contributed by atoms with Gasteiger partial charge in [0.1, 0.15) is 54.4 Å². The number of halogens is 4. The largest absolute Gasteiger partial charge is 0.481 e. The summed E-state index contributed by atoms with van der Waals surface area (Å²) in [6.45, 7) is 11.0. The highest BCUT2D eigenvalue weighted by Crippen LogP contribution is 2.51. The van der Waals surface area contributed by atoms with Gasteiger partial charge in [0.25, 0.3) is 20.2 Å². The Bertz CT molecular complexity index is 5150. The summed E-state index contributed by atoms with van der Waals surface area (Å²) in [5, 5.41) is 85.0. The Morgan fingerprint density at radius 2 is 0.943 bits per heavy atom. The van der Waals surface area contributed by atoms with Crippen molar-refractivity contribution in [3.8, 4) is 0 Å². The second-order valence-electron chi connectivity index (χ2n) is 29.4. The van der Waals surface area contributed by atoms with E-state index in [1.54, 1.807) is 36.7 Å². The number of allylic oxidation sites excluding steroid dienone is 5. The first-order valence-electron chi connectivity index (χ1n) is 38.4. The first kappa shape index (κ1) is 101. The van der Waals surface area contributed by atoms with Crippen LogP contribution in [-0.4, -0.2) is 238 Å². The van der Waals surface area contributed by atoms with Crippen molar-refractivity contribution in [1.29, 1.82) is 0 Å². The van der Waals surface area contributed by atoms with Gasteiger partial charge in [0.05, 0.1) is 80.1 Å². The van der Waals surface area contributed by atoms with Crippen LogP contribution in [0.1, 0.15) is 161 Å². The number of nitrogens with zero attached hydrogens (tertiary/aromatic N) is 4. The van der Waals surface area contributed by atoms with Crippen LogP contribution in [0.2, 0.25) is 0 Å². The Morgan fingerprint density at radius 3 is 1.41 bits per heavy atom. The summed E-state index contributed by atoms with van der Waals surface area (Å²) in [7, 11) is -9.12. The Balaban J connectivity index is 1.03. The predicted octanol–water partition coefficient (Wildman–Crippen LogP) is 5.59. The summed E-state index contributed by atoms with van der Waals surface area (Å²) < 4.78 is 75.7. The maximum Gasteiger partial charge on any atom is 0.326 e. The number of carbonyl (C=O) groups is 15. The number of aliphatic carboxylic acids is 7. The van der Waals surface area contributed by atoms with E-state index in [1.807, 2.05) is 87.4 Å². The van der Waals surface area contributed by atoms with Crippen LogP contribution in [0.4, 0.5) is 11.4 Å². The van der Waals surface area contributed by atoms with E-state index in [0.717, 1.165) is 58.7 Å². The highest BCUT2D eigenvalue weighted by atomic mass is 79.9. The number of amides is 8. The van der Waals surface area contributed by atoms with Gasteiger partial charge in [0.15, 0.2) is 5.71 Å². The molecule has 670 valence electrons. The number of benzene rings is 3. The molecule has 1 aromatic heterocycles. The standard InChI is InChI=1S/C77H94Br4N12O28S2/c1-6-92-52-27-25-40(122(116,117)118)31-44(52)76(3,4)54(92)21-13-11-12-19-43-42-26-24-41(123(119,120)121)32-53(42)93(7-2)77(43,5)28-18-23-55(94)82-29-16-15-20-45(75(114)115)85-70(109)47(34-58(98)99)87-72(111)49(36-60(102)103)89-74(113)51(38-62(106)107)90-73(112)50(37-61(104)105)88-71(110)48(35-59(100)101)86-69(108)46(33-57(96)97)84-56(95)22-14-9-8-10-17-30-91-39-83-67-65(80)63(78)64(79)66(81)68(67)91/h11-13,19,21,24-27,31-32,39,45-51H,6-10,14-18,20,22-23,28-30,33-38H2,1-5H3,(H16-,82,84,85,86,87,88,89,90,94,95,96,97,98,99,100,101,102,103,104,105,106,107,108,109,110,111,112,113,114,115,116,117,118,119,120,121)/p+1/t45-,46-,47-,48-,49-,50-,51-,77?/m0/s1. The third-order valence-electron chi connectivity index (χ3n) is 20.2. The molecular weight excluding hydrogens is 1920 g/mol. The maximum absolute atomic E-state index is 13.8. The molecule has 0 bridgehead atoms. The molecule has 2 aliphatic rings. The van der Waals surface area contributed by atoms with Crippen LogP contribution in [0, 0.1) is 0 Å². The van der Waals surface area contributed by atoms with Gasteiger partial charge in [-0.3, -0.25) is 76.2 Å². The number of carboxylic acid groups (broad SMARTS) is 7. The van der Waals surface area contributed by atoms with Crippen molar-refractivity contribution in [1.82, 2.24) is 52.1 Å². The molecule has 3 aromatic carbocycles. The van der Waals surface area contributed by atoms with Gasteiger partial charge >= 0.3 is 41.8 Å². The van der Waals surface area contributed by atoms with E-state index in [4.69, 9.17) is 0 Å². The van der Waals surface area contributed by atoms with Crippen LogP contribution in [-0.2, 0) is 104 Å². The summed E-state index contributed by atoms with van der Waals surface area (Å²) in [6.07, 6.45) is 5.66. The van der Waals surface area contributed by atoms with Crippen molar-refractivity contribution in [2.24, 2.45) is 0 Å². The molecule has 0 radical (unpaired) electrons. The SMILES string of the molecule is CCN1c2cc(S(=O)(=O)O)ccc2\C(=C/C=C/C=C/C2=[N+](CC)c3ccc(S(=O)(=O)O)cc3C2(C)C)C1(C)CCCC(=O)NCCCC[C@H](NC(=O)[C@H](CC(=O)O)NC(=O)[C@H](CC(=O)O)NC(=O)[C@H](CC(=O)O)NC(=O)[C@H](CC(=O)O)NC(=O)[C@H](CC(=O)O)NC(=O)[C@H](CC(=O)O)NC(=O)CCCCCCCn1cnc2c(Br)c(Br)c(Br)c(Br)c21)C(=O)O. The van der Waals surface area contributed by atoms with E-state index in [-0.39, 0.29) is 61.3 Å². The van der Waals surface area contributed by atoms with Crippen molar-refractivity contribution in [2.45, 2.75) is 220 Å². The Morgan fingerprint density at radius 1 is 0.504 bits per heavy atom. The number of hydrogen-bond acceptors (Lipinski definition) is 21. The average molecular weight is 2020 g/mol. The lowest BCUT2D eigenvalue weighted by atomic mass is 9.81. The fourth-order valence-electron chi connectivity index (χ4n) is 14.2. The molecule has 0 spiro atoms. The molecule has 1 unspecified atom stereocenters. The van der Waals surface area contributed by atoms with E-state index >= 15 is 0 Å². The Hall–Kier alpha value is -10.4.